The molecule has 0 bridgehead atoms. The molecule has 3 fully saturated rings. The molecular formula is C27H36O5. The van der Waals surface area contributed by atoms with Gasteiger partial charge in [0, 0.05) is 23.9 Å². The topological polar surface area (TPSA) is 76.7 Å². The number of methoxy groups -OCH3 is 1. The fourth-order valence-corrected chi connectivity index (χ4v) is 8.70. The van der Waals surface area contributed by atoms with Crippen LogP contribution in [0.5, 0.6) is 0 Å². The van der Waals surface area contributed by atoms with Crippen molar-refractivity contribution in [2.45, 2.75) is 65.4 Å². The molecule has 6 unspecified atom stereocenters. The summed E-state index contributed by atoms with van der Waals surface area (Å²) in [7, 11) is 1.66. The first-order chi connectivity index (χ1) is 15.1. The van der Waals surface area contributed by atoms with E-state index in [0.717, 1.165) is 42.6 Å². The standard InChI is InChI=1S/C27H36O5/c1-14(2)19-11-22-25(5)26(22,23-10-9-21(32-23)16(4)31-6)12-18-15(3)7-8-17(18)20(13-28)27(19,25)24(29)30/h9-11,13-18,20,22H,7-8,12H2,1-6H3,(H,29,30)/t15-,16?,17-,18-,20?,22?,25?,26?,27?/m1/s1. The molecule has 5 heteroatoms. The maximum Gasteiger partial charge on any atom is 0.315 e. The fourth-order valence-electron chi connectivity index (χ4n) is 8.70. The first-order valence-electron chi connectivity index (χ1n) is 12.2. The third kappa shape index (κ3) is 2.19. The molecule has 1 aromatic rings. The molecule has 0 aromatic carbocycles. The van der Waals surface area contributed by atoms with Gasteiger partial charge in [0.1, 0.15) is 29.3 Å². The molecule has 0 spiro atoms. The Balaban J connectivity index is 1.78. The second kappa shape index (κ2) is 6.82. The van der Waals surface area contributed by atoms with Crippen LogP contribution in [0.4, 0.5) is 0 Å². The molecular weight excluding hydrogens is 404 g/mol. The summed E-state index contributed by atoms with van der Waals surface area (Å²) in [5, 5.41) is 11.0. The number of aldehydes is 1. The van der Waals surface area contributed by atoms with Gasteiger partial charge in [-0.1, -0.05) is 45.8 Å². The van der Waals surface area contributed by atoms with Gasteiger partial charge in [0.15, 0.2) is 0 Å². The smallest absolute Gasteiger partial charge is 0.315 e. The summed E-state index contributed by atoms with van der Waals surface area (Å²) >= 11 is 0. The second-order valence-electron chi connectivity index (χ2n) is 11.4. The van der Waals surface area contributed by atoms with Crippen LogP contribution in [0.15, 0.2) is 28.2 Å². The Hall–Kier alpha value is -1.88. The van der Waals surface area contributed by atoms with Crippen molar-refractivity contribution in [3.8, 4) is 0 Å². The van der Waals surface area contributed by atoms with Gasteiger partial charge >= 0.3 is 5.97 Å². The van der Waals surface area contributed by atoms with Crippen molar-refractivity contribution in [2.75, 3.05) is 7.11 Å². The SMILES string of the molecule is COC(C)c1ccc(C23C[C@@H]4[C@H](C)CC[C@H]4C(C=O)C4(C(=O)O)C(C(C)C)=CC2C43C)o1. The fraction of sp³-hybridized carbons (Fsp3) is 0.704. The lowest BCUT2D eigenvalue weighted by atomic mass is 9.56. The zero-order valence-corrected chi connectivity index (χ0v) is 20.1. The van der Waals surface area contributed by atoms with Gasteiger partial charge in [0.25, 0.3) is 0 Å². The maximum atomic E-state index is 13.4. The minimum Gasteiger partial charge on any atom is -0.481 e. The Morgan fingerprint density at radius 3 is 2.56 bits per heavy atom. The molecule has 0 radical (unpaired) electrons. The van der Waals surface area contributed by atoms with Gasteiger partial charge < -0.3 is 19.1 Å². The third-order valence-electron chi connectivity index (χ3n) is 10.3. The maximum absolute atomic E-state index is 13.4. The lowest BCUT2D eigenvalue weighted by Crippen LogP contribution is -2.51. The number of carboxylic acids is 1. The number of hydrogen-bond donors (Lipinski definition) is 1. The van der Waals surface area contributed by atoms with E-state index in [9.17, 15) is 14.7 Å². The van der Waals surface area contributed by atoms with Crippen LogP contribution in [0, 0.1) is 46.3 Å². The summed E-state index contributed by atoms with van der Waals surface area (Å²) in [6, 6.07) is 4.02. The number of ether oxygens (including phenoxy) is 1. The van der Waals surface area contributed by atoms with Gasteiger partial charge in [0.2, 0.25) is 0 Å². The van der Waals surface area contributed by atoms with Crippen molar-refractivity contribution in [3.05, 3.63) is 35.3 Å². The van der Waals surface area contributed by atoms with Crippen molar-refractivity contribution in [1.82, 2.24) is 0 Å². The molecule has 5 nitrogen and oxygen atoms in total. The quantitative estimate of drug-likeness (QED) is 0.473. The van der Waals surface area contributed by atoms with E-state index in [1.165, 1.54) is 0 Å². The highest BCUT2D eigenvalue weighted by Gasteiger charge is 2.90. The highest BCUT2D eigenvalue weighted by Crippen LogP contribution is 2.88. The zero-order chi connectivity index (χ0) is 23.2. The second-order valence-corrected chi connectivity index (χ2v) is 11.4. The summed E-state index contributed by atoms with van der Waals surface area (Å²) in [6.07, 6.45) is 5.93. The number of rotatable bonds is 6. The number of aliphatic carboxylic acids is 1. The molecule has 32 heavy (non-hydrogen) atoms. The van der Waals surface area contributed by atoms with Gasteiger partial charge in [-0.05, 0) is 61.5 Å². The van der Waals surface area contributed by atoms with E-state index < -0.39 is 28.1 Å². The number of carboxylic acid groups (broad SMARTS) is 1. The predicted molar refractivity (Wildman–Crippen MR) is 120 cm³/mol. The summed E-state index contributed by atoms with van der Waals surface area (Å²) in [4.78, 5) is 26.1. The van der Waals surface area contributed by atoms with E-state index in [1.54, 1.807) is 7.11 Å². The molecule has 4 aliphatic rings. The first-order valence-corrected chi connectivity index (χ1v) is 12.2. The number of furan rings is 1. The van der Waals surface area contributed by atoms with Crippen LogP contribution in [0.2, 0.25) is 0 Å². The third-order valence-corrected chi connectivity index (χ3v) is 10.3. The van der Waals surface area contributed by atoms with Crippen LogP contribution in [0.3, 0.4) is 0 Å². The normalized spacial score (nSPS) is 45.1. The number of allylic oxidation sites excluding steroid dienone is 1. The Kier molecular flexibility index (Phi) is 4.67. The monoisotopic (exact) mass is 440 g/mol. The number of hydrogen-bond acceptors (Lipinski definition) is 4. The van der Waals surface area contributed by atoms with E-state index in [1.807, 2.05) is 19.1 Å². The number of fused-ring (bicyclic) bond motifs is 2. The van der Waals surface area contributed by atoms with Crippen molar-refractivity contribution < 1.29 is 23.8 Å². The van der Waals surface area contributed by atoms with Crippen LogP contribution in [0.25, 0.3) is 0 Å². The van der Waals surface area contributed by atoms with E-state index in [4.69, 9.17) is 9.15 Å². The molecule has 1 heterocycles. The van der Waals surface area contributed by atoms with Crippen LogP contribution >= 0.6 is 0 Å². The van der Waals surface area contributed by atoms with E-state index in [2.05, 4.69) is 33.8 Å². The van der Waals surface area contributed by atoms with E-state index in [0.29, 0.717) is 11.8 Å². The minimum absolute atomic E-state index is 0.0663. The van der Waals surface area contributed by atoms with Crippen molar-refractivity contribution in [2.24, 2.45) is 46.3 Å². The van der Waals surface area contributed by atoms with Crippen LogP contribution < -0.4 is 0 Å². The summed E-state index contributed by atoms with van der Waals surface area (Å²) < 4.78 is 11.9. The van der Waals surface area contributed by atoms with Crippen LogP contribution in [-0.4, -0.2) is 24.5 Å². The largest absolute Gasteiger partial charge is 0.481 e. The molecule has 174 valence electrons. The molecule has 9 atom stereocenters. The van der Waals surface area contributed by atoms with Gasteiger partial charge in [0.05, 0.1) is 0 Å². The van der Waals surface area contributed by atoms with Crippen molar-refractivity contribution in [1.29, 1.82) is 0 Å². The highest BCUT2D eigenvalue weighted by molar-refractivity contribution is 5.89. The van der Waals surface area contributed by atoms with Crippen LogP contribution in [-0.2, 0) is 19.7 Å². The van der Waals surface area contributed by atoms with Crippen molar-refractivity contribution >= 4 is 12.3 Å². The Morgan fingerprint density at radius 1 is 1.25 bits per heavy atom. The van der Waals surface area contributed by atoms with Gasteiger partial charge in [-0.25, -0.2) is 0 Å². The lowest BCUT2D eigenvalue weighted by Gasteiger charge is -2.44. The predicted octanol–water partition coefficient (Wildman–Crippen LogP) is 5.41. The Bertz CT molecular complexity index is 990. The molecule has 1 aromatic heterocycles. The summed E-state index contributed by atoms with van der Waals surface area (Å²) in [5.41, 5.74) is -1.21. The summed E-state index contributed by atoms with van der Waals surface area (Å²) in [6.45, 7) is 10.5. The summed E-state index contributed by atoms with van der Waals surface area (Å²) in [5.74, 6) is 1.35. The minimum atomic E-state index is -1.18. The molecule has 1 N–H and O–H groups in total. The average Bonchev–Trinajstić information content (AvgIpc) is 3.21. The molecule has 3 saturated carbocycles. The molecule has 0 amide bonds. The molecule has 0 saturated heterocycles. The Morgan fingerprint density at radius 2 is 1.97 bits per heavy atom. The van der Waals surface area contributed by atoms with Crippen LogP contribution in [0.1, 0.15) is 71.5 Å². The molecule has 5 rings (SSSR count). The number of carbonyl (C=O) groups excluding carboxylic acids is 1. The van der Waals surface area contributed by atoms with Crippen molar-refractivity contribution in [3.63, 3.8) is 0 Å². The lowest BCUT2D eigenvalue weighted by molar-refractivity contribution is -0.159. The Labute approximate surface area is 190 Å². The van der Waals surface area contributed by atoms with E-state index >= 15 is 0 Å². The van der Waals surface area contributed by atoms with Gasteiger partial charge in [-0.3, -0.25) is 4.79 Å². The van der Waals surface area contributed by atoms with Gasteiger partial charge in [-0.15, -0.1) is 0 Å². The first kappa shape index (κ1) is 21.9. The molecule has 4 aliphatic carbocycles. The highest BCUT2D eigenvalue weighted by atomic mass is 16.5. The number of carbonyl (C=O) groups is 2. The molecule has 0 aliphatic heterocycles. The van der Waals surface area contributed by atoms with Gasteiger partial charge in [-0.2, -0.15) is 0 Å². The zero-order valence-electron chi connectivity index (χ0n) is 20.1. The average molecular weight is 441 g/mol. The van der Waals surface area contributed by atoms with E-state index in [-0.39, 0.29) is 23.9 Å².